The zero-order chi connectivity index (χ0) is 15.5. The van der Waals surface area contributed by atoms with Gasteiger partial charge < -0.3 is 10.2 Å². The van der Waals surface area contributed by atoms with Crippen molar-refractivity contribution in [2.24, 2.45) is 5.92 Å². The van der Waals surface area contributed by atoms with Crippen molar-refractivity contribution in [2.45, 2.75) is 19.8 Å². The van der Waals surface area contributed by atoms with Gasteiger partial charge in [-0.3, -0.25) is 9.59 Å². The van der Waals surface area contributed by atoms with Crippen molar-refractivity contribution in [3.63, 3.8) is 0 Å². The van der Waals surface area contributed by atoms with Crippen LogP contribution in [0.3, 0.4) is 0 Å². The number of amides is 2. The molecule has 1 atom stereocenters. The number of hydrogen-bond acceptors (Lipinski definition) is 2. The highest BCUT2D eigenvalue weighted by Gasteiger charge is 2.26. The number of nitrogens with one attached hydrogen (secondary N) is 1. The maximum absolute atomic E-state index is 12.4. The van der Waals surface area contributed by atoms with Crippen molar-refractivity contribution in [2.75, 3.05) is 18.4 Å². The van der Waals surface area contributed by atoms with E-state index in [2.05, 4.69) is 5.32 Å². The fourth-order valence-electron chi connectivity index (χ4n) is 2.99. The molecule has 4 nitrogen and oxygen atoms in total. The minimum absolute atomic E-state index is 0.00114. The van der Waals surface area contributed by atoms with Crippen LogP contribution in [0, 0.1) is 5.92 Å². The minimum Gasteiger partial charge on any atom is -0.342 e. The first-order chi connectivity index (χ1) is 10.6. The Morgan fingerprint density at radius 1 is 1.14 bits per heavy atom. The SMILES string of the molecule is CC(=O)N1CCC[C@H](C(=O)Nc2ccc3ccccc3c2)C1. The molecule has 1 N–H and O–H groups in total. The Hall–Kier alpha value is -2.36. The fourth-order valence-corrected chi connectivity index (χ4v) is 2.99. The second-order valence-corrected chi connectivity index (χ2v) is 5.86. The molecule has 0 unspecified atom stereocenters. The Morgan fingerprint density at radius 2 is 1.91 bits per heavy atom. The number of carbonyl (C=O) groups is 2. The van der Waals surface area contributed by atoms with E-state index < -0.39 is 0 Å². The van der Waals surface area contributed by atoms with Gasteiger partial charge >= 0.3 is 0 Å². The number of anilines is 1. The normalized spacial score (nSPS) is 18.2. The van der Waals surface area contributed by atoms with Gasteiger partial charge in [-0.05, 0) is 35.7 Å². The standard InChI is InChI=1S/C18H20N2O2/c1-13(21)20-10-4-7-16(12-20)18(22)19-17-9-8-14-5-2-3-6-15(14)11-17/h2-3,5-6,8-9,11,16H,4,7,10,12H2,1H3,(H,19,22)/t16-/m0/s1. The van der Waals surface area contributed by atoms with E-state index in [1.807, 2.05) is 42.5 Å². The Balaban J connectivity index is 1.71. The van der Waals surface area contributed by atoms with Crippen LogP contribution in [0.15, 0.2) is 42.5 Å². The van der Waals surface area contributed by atoms with Gasteiger partial charge in [0.2, 0.25) is 11.8 Å². The number of carbonyl (C=O) groups excluding carboxylic acids is 2. The van der Waals surface area contributed by atoms with Crippen LogP contribution in [0.25, 0.3) is 10.8 Å². The highest BCUT2D eigenvalue weighted by atomic mass is 16.2. The summed E-state index contributed by atoms with van der Waals surface area (Å²) >= 11 is 0. The molecule has 1 saturated heterocycles. The second-order valence-electron chi connectivity index (χ2n) is 5.86. The second kappa shape index (κ2) is 6.18. The van der Waals surface area contributed by atoms with Gasteiger partial charge in [0.15, 0.2) is 0 Å². The summed E-state index contributed by atoms with van der Waals surface area (Å²) in [5.74, 6) is -0.0754. The van der Waals surface area contributed by atoms with Crippen molar-refractivity contribution in [3.05, 3.63) is 42.5 Å². The highest BCUT2D eigenvalue weighted by Crippen LogP contribution is 2.22. The predicted octanol–water partition coefficient (Wildman–Crippen LogP) is 3.04. The maximum Gasteiger partial charge on any atom is 0.229 e. The van der Waals surface area contributed by atoms with Crippen LogP contribution in [0.2, 0.25) is 0 Å². The van der Waals surface area contributed by atoms with Gasteiger partial charge in [0.05, 0.1) is 5.92 Å². The maximum atomic E-state index is 12.4. The van der Waals surface area contributed by atoms with Crippen LogP contribution in [-0.4, -0.2) is 29.8 Å². The molecular weight excluding hydrogens is 276 g/mol. The van der Waals surface area contributed by atoms with Gasteiger partial charge in [0.25, 0.3) is 0 Å². The Bertz CT molecular complexity index is 711. The zero-order valence-electron chi connectivity index (χ0n) is 12.7. The largest absolute Gasteiger partial charge is 0.342 e. The van der Waals surface area contributed by atoms with E-state index >= 15 is 0 Å². The number of fused-ring (bicyclic) bond motifs is 1. The lowest BCUT2D eigenvalue weighted by atomic mass is 9.97. The molecule has 4 heteroatoms. The quantitative estimate of drug-likeness (QED) is 0.926. The third-order valence-electron chi connectivity index (χ3n) is 4.25. The monoisotopic (exact) mass is 296 g/mol. The molecule has 1 heterocycles. The Kier molecular flexibility index (Phi) is 4.09. The molecule has 22 heavy (non-hydrogen) atoms. The third-order valence-corrected chi connectivity index (χ3v) is 4.25. The summed E-state index contributed by atoms with van der Waals surface area (Å²) < 4.78 is 0. The molecular formula is C18H20N2O2. The summed E-state index contributed by atoms with van der Waals surface area (Å²) in [7, 11) is 0. The van der Waals surface area contributed by atoms with E-state index in [1.165, 1.54) is 0 Å². The van der Waals surface area contributed by atoms with Crippen LogP contribution < -0.4 is 5.32 Å². The number of hydrogen-bond donors (Lipinski definition) is 1. The highest BCUT2D eigenvalue weighted by molar-refractivity contribution is 5.96. The van der Waals surface area contributed by atoms with Gasteiger partial charge in [-0.1, -0.05) is 30.3 Å². The summed E-state index contributed by atoms with van der Waals surface area (Å²) in [4.78, 5) is 25.6. The topological polar surface area (TPSA) is 49.4 Å². The van der Waals surface area contributed by atoms with E-state index in [1.54, 1.807) is 11.8 Å². The molecule has 1 fully saturated rings. The van der Waals surface area contributed by atoms with Gasteiger partial charge in [0.1, 0.15) is 0 Å². The lowest BCUT2D eigenvalue weighted by Gasteiger charge is -2.31. The number of likely N-dealkylation sites (tertiary alicyclic amines) is 1. The number of rotatable bonds is 2. The van der Waals surface area contributed by atoms with Crippen molar-refractivity contribution in [3.8, 4) is 0 Å². The lowest BCUT2D eigenvalue weighted by Crippen LogP contribution is -2.42. The molecule has 0 bridgehead atoms. The third kappa shape index (κ3) is 3.11. The molecule has 1 aliphatic rings. The van der Waals surface area contributed by atoms with E-state index in [9.17, 15) is 9.59 Å². The first-order valence-corrected chi connectivity index (χ1v) is 7.68. The van der Waals surface area contributed by atoms with E-state index in [0.717, 1.165) is 35.8 Å². The summed E-state index contributed by atoms with van der Waals surface area (Å²) in [6, 6.07) is 14.0. The Labute approximate surface area is 130 Å². The van der Waals surface area contributed by atoms with Gasteiger partial charge in [0, 0.05) is 25.7 Å². The molecule has 0 spiro atoms. The summed E-state index contributed by atoms with van der Waals surface area (Å²) in [5, 5.41) is 5.25. The van der Waals surface area contributed by atoms with Crippen molar-refractivity contribution >= 4 is 28.3 Å². The average molecular weight is 296 g/mol. The molecule has 0 aromatic heterocycles. The lowest BCUT2D eigenvalue weighted by molar-refractivity contribution is -0.132. The molecule has 2 amide bonds. The number of nitrogens with zero attached hydrogens (tertiary/aromatic N) is 1. The van der Waals surface area contributed by atoms with E-state index in [-0.39, 0.29) is 17.7 Å². The molecule has 3 rings (SSSR count). The van der Waals surface area contributed by atoms with Gasteiger partial charge in [-0.2, -0.15) is 0 Å². The smallest absolute Gasteiger partial charge is 0.229 e. The molecule has 2 aromatic carbocycles. The molecule has 0 radical (unpaired) electrons. The van der Waals surface area contributed by atoms with Crippen LogP contribution in [0.5, 0.6) is 0 Å². The molecule has 1 aliphatic heterocycles. The van der Waals surface area contributed by atoms with E-state index in [4.69, 9.17) is 0 Å². The Morgan fingerprint density at radius 3 is 2.68 bits per heavy atom. The van der Waals surface area contributed by atoms with Crippen molar-refractivity contribution < 1.29 is 9.59 Å². The van der Waals surface area contributed by atoms with Crippen molar-refractivity contribution in [1.82, 2.24) is 4.90 Å². The van der Waals surface area contributed by atoms with Gasteiger partial charge in [-0.25, -0.2) is 0 Å². The van der Waals surface area contributed by atoms with Gasteiger partial charge in [-0.15, -0.1) is 0 Å². The van der Waals surface area contributed by atoms with Crippen LogP contribution in [0.4, 0.5) is 5.69 Å². The zero-order valence-corrected chi connectivity index (χ0v) is 12.7. The number of piperidine rings is 1. The first kappa shape index (κ1) is 14.6. The molecule has 0 aliphatic carbocycles. The van der Waals surface area contributed by atoms with Crippen LogP contribution in [0.1, 0.15) is 19.8 Å². The summed E-state index contributed by atoms with van der Waals surface area (Å²) in [5.41, 5.74) is 0.809. The van der Waals surface area contributed by atoms with Crippen molar-refractivity contribution in [1.29, 1.82) is 0 Å². The number of benzene rings is 2. The van der Waals surface area contributed by atoms with E-state index in [0.29, 0.717) is 6.54 Å². The first-order valence-electron chi connectivity index (χ1n) is 7.68. The van der Waals surface area contributed by atoms with Crippen LogP contribution in [-0.2, 0) is 9.59 Å². The fraction of sp³-hybridized carbons (Fsp3) is 0.333. The predicted molar refractivity (Wildman–Crippen MR) is 87.6 cm³/mol. The summed E-state index contributed by atoms with van der Waals surface area (Å²) in [6.45, 7) is 2.84. The minimum atomic E-state index is -0.121. The summed E-state index contributed by atoms with van der Waals surface area (Å²) in [6.07, 6.45) is 1.72. The van der Waals surface area contributed by atoms with Crippen LogP contribution >= 0.6 is 0 Å². The molecule has 2 aromatic rings. The molecule has 0 saturated carbocycles. The molecule has 114 valence electrons. The average Bonchev–Trinajstić information content (AvgIpc) is 2.55.